The molecule has 1 aromatic rings. The smallest absolute Gasteiger partial charge is 0.252 e. The third kappa shape index (κ3) is 5.34. The van der Waals surface area contributed by atoms with Gasteiger partial charge in [-0.1, -0.05) is 33.6 Å². The SMILES string of the molecule is CC(C)(C)C1CCCCC1NC(=O)CCNC(=O)c1ccsc1. The Morgan fingerprint density at radius 2 is 2.00 bits per heavy atom. The lowest BCUT2D eigenvalue weighted by molar-refractivity contribution is -0.122. The molecule has 128 valence electrons. The lowest BCUT2D eigenvalue weighted by Crippen LogP contribution is -2.47. The number of hydrogen-bond donors (Lipinski definition) is 2. The largest absolute Gasteiger partial charge is 0.353 e. The third-order valence-electron chi connectivity index (χ3n) is 4.65. The van der Waals surface area contributed by atoms with E-state index in [-0.39, 0.29) is 23.3 Å². The normalized spacial score (nSPS) is 21.7. The number of amides is 2. The summed E-state index contributed by atoms with van der Waals surface area (Å²) in [5, 5.41) is 9.68. The highest BCUT2D eigenvalue weighted by Crippen LogP contribution is 2.37. The molecule has 1 heterocycles. The van der Waals surface area contributed by atoms with Crippen LogP contribution in [0.2, 0.25) is 0 Å². The average molecular weight is 337 g/mol. The second-order valence-corrected chi connectivity index (χ2v) is 8.23. The zero-order valence-corrected chi connectivity index (χ0v) is 15.2. The van der Waals surface area contributed by atoms with Gasteiger partial charge < -0.3 is 10.6 Å². The summed E-state index contributed by atoms with van der Waals surface area (Å²) < 4.78 is 0. The first kappa shape index (κ1) is 18.0. The second kappa shape index (κ2) is 7.95. The molecule has 0 saturated heterocycles. The van der Waals surface area contributed by atoms with Gasteiger partial charge in [-0.15, -0.1) is 0 Å². The van der Waals surface area contributed by atoms with Crippen molar-refractivity contribution in [2.75, 3.05) is 6.54 Å². The fraction of sp³-hybridized carbons (Fsp3) is 0.667. The quantitative estimate of drug-likeness (QED) is 0.863. The van der Waals surface area contributed by atoms with E-state index in [1.54, 1.807) is 6.07 Å². The summed E-state index contributed by atoms with van der Waals surface area (Å²) in [6.07, 6.45) is 5.03. The number of nitrogens with one attached hydrogen (secondary N) is 2. The molecule has 0 bridgehead atoms. The molecule has 1 aliphatic rings. The zero-order valence-electron chi connectivity index (χ0n) is 14.4. The molecule has 1 fully saturated rings. The van der Waals surface area contributed by atoms with Gasteiger partial charge >= 0.3 is 0 Å². The van der Waals surface area contributed by atoms with Crippen LogP contribution in [0.5, 0.6) is 0 Å². The van der Waals surface area contributed by atoms with Gasteiger partial charge in [-0.05, 0) is 35.6 Å². The summed E-state index contributed by atoms with van der Waals surface area (Å²) in [5.74, 6) is 0.460. The molecule has 4 nitrogen and oxygen atoms in total. The van der Waals surface area contributed by atoms with E-state index in [0.717, 1.165) is 6.42 Å². The molecular weight excluding hydrogens is 308 g/mol. The molecule has 2 rings (SSSR count). The van der Waals surface area contributed by atoms with E-state index in [4.69, 9.17) is 0 Å². The van der Waals surface area contributed by atoms with Crippen molar-refractivity contribution in [3.05, 3.63) is 22.4 Å². The van der Waals surface area contributed by atoms with Gasteiger partial charge in [0.15, 0.2) is 0 Å². The van der Waals surface area contributed by atoms with E-state index in [1.165, 1.54) is 30.6 Å². The van der Waals surface area contributed by atoms with Gasteiger partial charge in [0.2, 0.25) is 5.91 Å². The first-order valence-electron chi connectivity index (χ1n) is 8.47. The van der Waals surface area contributed by atoms with Crippen LogP contribution in [0.15, 0.2) is 16.8 Å². The van der Waals surface area contributed by atoms with Gasteiger partial charge in [0.1, 0.15) is 0 Å². The summed E-state index contributed by atoms with van der Waals surface area (Å²) >= 11 is 1.49. The number of hydrogen-bond acceptors (Lipinski definition) is 3. The summed E-state index contributed by atoms with van der Waals surface area (Å²) in [7, 11) is 0. The number of rotatable bonds is 5. The van der Waals surface area contributed by atoms with Crippen LogP contribution in [-0.2, 0) is 4.79 Å². The van der Waals surface area contributed by atoms with Crippen LogP contribution >= 0.6 is 11.3 Å². The van der Waals surface area contributed by atoms with Crippen molar-refractivity contribution in [2.24, 2.45) is 11.3 Å². The van der Waals surface area contributed by atoms with Crippen LogP contribution in [0.3, 0.4) is 0 Å². The third-order valence-corrected chi connectivity index (χ3v) is 5.33. The maximum absolute atomic E-state index is 12.2. The molecule has 2 amide bonds. The molecule has 1 aromatic heterocycles. The maximum Gasteiger partial charge on any atom is 0.252 e. The number of carbonyl (C=O) groups is 2. The summed E-state index contributed by atoms with van der Waals surface area (Å²) in [5.41, 5.74) is 0.876. The van der Waals surface area contributed by atoms with E-state index in [2.05, 4.69) is 31.4 Å². The standard InChI is InChI=1S/C18H28N2O2S/c1-18(2,3)14-6-4-5-7-15(14)20-16(21)8-10-19-17(22)13-9-11-23-12-13/h9,11-12,14-15H,4-8,10H2,1-3H3,(H,19,22)(H,20,21). The summed E-state index contributed by atoms with van der Waals surface area (Å²) in [6.45, 7) is 7.14. The Morgan fingerprint density at radius 1 is 1.26 bits per heavy atom. The Morgan fingerprint density at radius 3 is 2.65 bits per heavy atom. The zero-order chi connectivity index (χ0) is 16.9. The number of carbonyl (C=O) groups excluding carboxylic acids is 2. The Hall–Kier alpha value is -1.36. The van der Waals surface area contributed by atoms with Crippen molar-refractivity contribution < 1.29 is 9.59 Å². The summed E-state index contributed by atoms with van der Waals surface area (Å²) in [6, 6.07) is 2.06. The maximum atomic E-state index is 12.2. The Balaban J connectivity index is 1.76. The van der Waals surface area contributed by atoms with Gasteiger partial charge in [0.25, 0.3) is 5.91 Å². The molecule has 2 N–H and O–H groups in total. The van der Waals surface area contributed by atoms with Crippen LogP contribution < -0.4 is 10.6 Å². The van der Waals surface area contributed by atoms with E-state index >= 15 is 0 Å². The molecule has 0 radical (unpaired) electrons. The van der Waals surface area contributed by atoms with Crippen molar-refractivity contribution >= 4 is 23.2 Å². The van der Waals surface area contributed by atoms with Gasteiger partial charge in [0, 0.05) is 30.0 Å². The monoisotopic (exact) mass is 336 g/mol. The predicted molar refractivity (Wildman–Crippen MR) is 94.6 cm³/mol. The Labute approximate surface area is 143 Å². The first-order valence-corrected chi connectivity index (χ1v) is 9.42. The average Bonchev–Trinajstić information content (AvgIpc) is 3.01. The van der Waals surface area contributed by atoms with Crippen LogP contribution in [0.25, 0.3) is 0 Å². The summed E-state index contributed by atoms with van der Waals surface area (Å²) in [4.78, 5) is 24.0. The van der Waals surface area contributed by atoms with Crippen LogP contribution in [0.1, 0.15) is 63.2 Å². The molecule has 1 aliphatic carbocycles. The molecule has 0 spiro atoms. The van der Waals surface area contributed by atoms with Crippen molar-refractivity contribution in [1.82, 2.24) is 10.6 Å². The van der Waals surface area contributed by atoms with Crippen LogP contribution in [-0.4, -0.2) is 24.4 Å². The molecule has 2 unspecified atom stereocenters. The van der Waals surface area contributed by atoms with E-state index in [1.807, 2.05) is 10.8 Å². The van der Waals surface area contributed by atoms with Crippen LogP contribution in [0.4, 0.5) is 0 Å². The van der Waals surface area contributed by atoms with Crippen molar-refractivity contribution in [2.45, 2.75) is 58.9 Å². The molecule has 5 heteroatoms. The molecule has 0 aromatic carbocycles. The van der Waals surface area contributed by atoms with E-state index in [0.29, 0.717) is 24.4 Å². The minimum atomic E-state index is -0.107. The fourth-order valence-electron chi connectivity index (χ4n) is 3.40. The van der Waals surface area contributed by atoms with Gasteiger partial charge in [0.05, 0.1) is 0 Å². The Kier molecular flexibility index (Phi) is 6.22. The lowest BCUT2D eigenvalue weighted by Gasteiger charge is -2.40. The van der Waals surface area contributed by atoms with Gasteiger partial charge in [-0.2, -0.15) is 11.3 Å². The highest BCUT2D eigenvalue weighted by Gasteiger charge is 2.34. The van der Waals surface area contributed by atoms with Crippen molar-refractivity contribution in [3.8, 4) is 0 Å². The molecule has 2 atom stereocenters. The second-order valence-electron chi connectivity index (χ2n) is 7.45. The lowest BCUT2D eigenvalue weighted by atomic mass is 9.69. The number of thiophene rings is 1. The van der Waals surface area contributed by atoms with Crippen LogP contribution in [0, 0.1) is 11.3 Å². The fourth-order valence-corrected chi connectivity index (χ4v) is 4.04. The molecule has 0 aliphatic heterocycles. The highest BCUT2D eigenvalue weighted by atomic mass is 32.1. The van der Waals surface area contributed by atoms with E-state index in [9.17, 15) is 9.59 Å². The van der Waals surface area contributed by atoms with Crippen molar-refractivity contribution in [1.29, 1.82) is 0 Å². The first-order chi connectivity index (χ1) is 10.9. The minimum absolute atomic E-state index is 0.0387. The minimum Gasteiger partial charge on any atom is -0.353 e. The van der Waals surface area contributed by atoms with Gasteiger partial charge in [-0.25, -0.2) is 0 Å². The Bertz CT molecular complexity index is 520. The molecule has 23 heavy (non-hydrogen) atoms. The predicted octanol–water partition coefficient (Wildman–Crippen LogP) is 3.59. The highest BCUT2D eigenvalue weighted by molar-refractivity contribution is 7.08. The van der Waals surface area contributed by atoms with E-state index < -0.39 is 0 Å². The molecular formula is C18H28N2O2S. The van der Waals surface area contributed by atoms with Crippen molar-refractivity contribution in [3.63, 3.8) is 0 Å². The molecule has 1 saturated carbocycles. The van der Waals surface area contributed by atoms with Gasteiger partial charge in [-0.3, -0.25) is 9.59 Å². The topological polar surface area (TPSA) is 58.2 Å².